The molecule has 0 atom stereocenters. The van der Waals surface area contributed by atoms with E-state index in [0.29, 0.717) is 36.5 Å². The maximum absolute atomic E-state index is 12.3. The number of esters is 2. The van der Waals surface area contributed by atoms with Crippen molar-refractivity contribution < 1.29 is 23.8 Å². The van der Waals surface area contributed by atoms with E-state index in [0.717, 1.165) is 47.6 Å². The molecule has 0 amide bonds. The molecule has 0 saturated heterocycles. The molecule has 8 heteroatoms. The van der Waals surface area contributed by atoms with E-state index in [9.17, 15) is 9.59 Å². The van der Waals surface area contributed by atoms with E-state index in [1.165, 1.54) is 68.1 Å². The van der Waals surface area contributed by atoms with Gasteiger partial charge in [0.25, 0.3) is 0 Å². The molecule has 0 aromatic heterocycles. The quantitative estimate of drug-likeness (QED) is 0.0595. The van der Waals surface area contributed by atoms with Crippen molar-refractivity contribution in [2.24, 2.45) is 28.5 Å². The van der Waals surface area contributed by atoms with Crippen LogP contribution in [-0.4, -0.2) is 51.4 Å². The number of hydrogen-bond donors (Lipinski definition) is 3. The minimum absolute atomic E-state index is 0.0147. The summed E-state index contributed by atoms with van der Waals surface area (Å²) in [6, 6.07) is 11.6. The Morgan fingerprint density at radius 2 is 1.42 bits per heavy atom. The molecule has 0 aliphatic heterocycles. The second kappa shape index (κ2) is 21.9. The van der Waals surface area contributed by atoms with Crippen molar-refractivity contribution in [1.29, 1.82) is 0 Å². The van der Waals surface area contributed by atoms with Crippen molar-refractivity contribution in [3.8, 4) is 16.9 Å². The highest BCUT2D eigenvalue weighted by Crippen LogP contribution is 2.40. The highest BCUT2D eigenvalue weighted by atomic mass is 16.5. The molecule has 1 aliphatic rings. The topological polar surface area (TPSA) is 140 Å². The average Bonchev–Trinajstić information content (AvgIpc) is 3.16. The summed E-state index contributed by atoms with van der Waals surface area (Å²) >= 11 is 0. The van der Waals surface area contributed by atoms with Crippen molar-refractivity contribution in [2.75, 3.05) is 39.5 Å². The van der Waals surface area contributed by atoms with Gasteiger partial charge < -0.3 is 31.4 Å². The number of unbranched alkanes of at least 4 members (excludes halogenated alkanes) is 2. The highest BCUT2D eigenvalue weighted by Gasteiger charge is 2.32. The summed E-state index contributed by atoms with van der Waals surface area (Å²) in [7, 11) is 0. The molecule has 0 unspecified atom stereocenters. The van der Waals surface area contributed by atoms with Crippen molar-refractivity contribution in [2.45, 2.75) is 117 Å². The molecule has 2 aromatic carbocycles. The van der Waals surface area contributed by atoms with Crippen LogP contribution in [0.4, 0.5) is 0 Å². The van der Waals surface area contributed by atoms with Crippen LogP contribution < -0.4 is 21.9 Å². The van der Waals surface area contributed by atoms with Crippen LogP contribution >= 0.6 is 0 Å². The lowest BCUT2D eigenvalue weighted by Crippen LogP contribution is -2.47. The summed E-state index contributed by atoms with van der Waals surface area (Å²) in [5.74, 6) is 1.37. The van der Waals surface area contributed by atoms with Gasteiger partial charge in [0, 0.05) is 24.2 Å². The van der Waals surface area contributed by atoms with Crippen LogP contribution in [0, 0.1) is 11.3 Å². The Morgan fingerprint density at radius 1 is 0.788 bits per heavy atom. The van der Waals surface area contributed by atoms with Crippen molar-refractivity contribution in [3.63, 3.8) is 0 Å². The summed E-state index contributed by atoms with van der Waals surface area (Å²) in [5.41, 5.74) is 25.6. The molecule has 288 valence electrons. The third-order valence-corrected chi connectivity index (χ3v) is 10.7. The molecule has 2 aromatic rings. The van der Waals surface area contributed by atoms with Crippen molar-refractivity contribution in [3.05, 3.63) is 76.9 Å². The zero-order valence-electron chi connectivity index (χ0n) is 32.7. The standard InChI is InChI=1S/C44H67N3O5/c1-7-9-10-13-33-16-18-35(19-17-33)36-20-21-40(34(8-2)24-36)39-25-37(14-11-22-45)41(38(26-39)15-12-23-50-42(48)31(3)4)51-29-44(27-46,28-47)30-52-43(49)32(5)6/h20-21,24-26,33,35H,3,5,7-19,22-23,27-30,45-47H2,1-2,4,6H3. The molecule has 6 N–H and O–H groups in total. The second-order valence-electron chi connectivity index (χ2n) is 15.1. The molecule has 1 aliphatic carbocycles. The molecule has 0 bridgehead atoms. The van der Waals surface area contributed by atoms with Gasteiger partial charge in [-0.3, -0.25) is 0 Å². The number of nitrogens with two attached hydrogens (primary N) is 3. The maximum atomic E-state index is 12.3. The minimum Gasteiger partial charge on any atom is -0.492 e. The lowest BCUT2D eigenvalue weighted by Gasteiger charge is -2.31. The summed E-state index contributed by atoms with van der Waals surface area (Å²) < 4.78 is 17.6. The smallest absolute Gasteiger partial charge is 0.333 e. The van der Waals surface area contributed by atoms with Gasteiger partial charge in [-0.15, -0.1) is 0 Å². The molecule has 0 radical (unpaired) electrons. The average molecular weight is 718 g/mol. The fraction of sp³-hybridized carbons (Fsp3) is 0.591. The molecule has 52 heavy (non-hydrogen) atoms. The van der Waals surface area contributed by atoms with E-state index >= 15 is 0 Å². The van der Waals surface area contributed by atoms with Crippen molar-refractivity contribution in [1.82, 2.24) is 0 Å². The van der Waals surface area contributed by atoms with E-state index in [1.807, 2.05) is 0 Å². The van der Waals surface area contributed by atoms with Crippen LogP contribution in [0.15, 0.2) is 54.6 Å². The Bertz CT molecular complexity index is 1470. The zero-order valence-corrected chi connectivity index (χ0v) is 32.7. The first kappa shape index (κ1) is 42.9. The number of rotatable bonds is 23. The van der Waals surface area contributed by atoms with Gasteiger partial charge in [0.15, 0.2) is 0 Å². The van der Waals surface area contributed by atoms with Gasteiger partial charge in [0.1, 0.15) is 12.4 Å². The van der Waals surface area contributed by atoms with Crippen LogP contribution in [0.1, 0.15) is 120 Å². The van der Waals surface area contributed by atoms with Crippen LogP contribution in [0.5, 0.6) is 5.75 Å². The molecule has 1 fully saturated rings. The molecule has 0 heterocycles. The maximum Gasteiger partial charge on any atom is 0.333 e. The summed E-state index contributed by atoms with van der Waals surface area (Å²) in [4.78, 5) is 24.4. The SMILES string of the molecule is C=C(C)C(=O)OCCCc1cc(-c2ccc(C3CCC(CCCCC)CC3)cc2CC)cc(CCCN)c1OCC(CN)(CN)COC(=O)C(=C)C. The summed E-state index contributed by atoms with van der Waals surface area (Å²) in [6.45, 7) is 16.5. The van der Waals surface area contributed by atoms with Gasteiger partial charge in [-0.05, 0) is 136 Å². The lowest BCUT2D eigenvalue weighted by atomic mass is 9.76. The Labute approximate surface area is 313 Å². The van der Waals surface area contributed by atoms with Gasteiger partial charge in [0.05, 0.1) is 18.6 Å². The summed E-state index contributed by atoms with van der Waals surface area (Å²) in [5, 5.41) is 0. The Balaban J connectivity index is 1.97. The normalized spacial score (nSPS) is 16.0. The Hall–Kier alpha value is -3.46. The molecule has 3 rings (SSSR count). The van der Waals surface area contributed by atoms with Crippen LogP contribution in [0.3, 0.4) is 0 Å². The third-order valence-electron chi connectivity index (χ3n) is 10.7. The van der Waals surface area contributed by atoms with E-state index < -0.39 is 17.4 Å². The predicted octanol–water partition coefficient (Wildman–Crippen LogP) is 8.12. The summed E-state index contributed by atoms with van der Waals surface area (Å²) in [6.07, 6.45) is 14.2. The van der Waals surface area contributed by atoms with Gasteiger partial charge in [0.2, 0.25) is 0 Å². The molecular formula is C44H67N3O5. The number of carbonyl (C=O) groups excluding carboxylic acids is 2. The van der Waals surface area contributed by atoms with Gasteiger partial charge in [-0.1, -0.05) is 70.9 Å². The first-order valence-electron chi connectivity index (χ1n) is 19.7. The predicted molar refractivity (Wildman–Crippen MR) is 213 cm³/mol. The number of hydrogen-bond acceptors (Lipinski definition) is 8. The number of carbonyl (C=O) groups is 2. The molecular weight excluding hydrogens is 651 g/mol. The molecule has 1 saturated carbocycles. The van der Waals surface area contributed by atoms with Crippen LogP contribution in [0.2, 0.25) is 0 Å². The molecule has 0 spiro atoms. The fourth-order valence-corrected chi connectivity index (χ4v) is 7.15. The van der Waals surface area contributed by atoms with Crippen LogP contribution in [-0.2, 0) is 38.3 Å². The van der Waals surface area contributed by atoms with Gasteiger partial charge in [-0.25, -0.2) is 9.59 Å². The number of benzene rings is 2. The first-order chi connectivity index (χ1) is 25.0. The van der Waals surface area contributed by atoms with Gasteiger partial charge in [-0.2, -0.15) is 0 Å². The van der Waals surface area contributed by atoms with E-state index in [1.54, 1.807) is 13.8 Å². The third kappa shape index (κ3) is 12.6. The monoisotopic (exact) mass is 718 g/mol. The highest BCUT2D eigenvalue weighted by molar-refractivity contribution is 5.87. The molecule has 8 nitrogen and oxygen atoms in total. The van der Waals surface area contributed by atoms with E-state index in [-0.39, 0.29) is 32.9 Å². The Kier molecular flexibility index (Phi) is 18.1. The fourth-order valence-electron chi connectivity index (χ4n) is 7.15. The van der Waals surface area contributed by atoms with E-state index in [2.05, 4.69) is 57.3 Å². The van der Waals surface area contributed by atoms with Crippen LogP contribution in [0.25, 0.3) is 11.1 Å². The second-order valence-corrected chi connectivity index (χ2v) is 15.1. The van der Waals surface area contributed by atoms with Gasteiger partial charge >= 0.3 is 11.9 Å². The Morgan fingerprint density at radius 3 is 2.00 bits per heavy atom. The van der Waals surface area contributed by atoms with Crippen molar-refractivity contribution >= 4 is 11.9 Å². The number of ether oxygens (including phenoxy) is 3. The zero-order chi connectivity index (χ0) is 38.1. The first-order valence-corrected chi connectivity index (χ1v) is 19.7. The lowest BCUT2D eigenvalue weighted by molar-refractivity contribution is -0.143. The van der Waals surface area contributed by atoms with E-state index in [4.69, 9.17) is 31.4 Å². The number of aryl methyl sites for hydroxylation is 3. The largest absolute Gasteiger partial charge is 0.492 e. The minimum atomic E-state index is -0.789.